The number of ether oxygens (including phenoxy) is 3. The van der Waals surface area contributed by atoms with Crippen LogP contribution >= 0.6 is 11.6 Å². The van der Waals surface area contributed by atoms with E-state index in [1.54, 1.807) is 32.2 Å². The first-order valence-corrected chi connectivity index (χ1v) is 11.2. The first kappa shape index (κ1) is 24.5. The number of carbonyl (C=O) groups is 1. The number of anilines is 2. The first-order valence-electron chi connectivity index (χ1n) is 10.8. The Balaban J connectivity index is 1.62. The Morgan fingerprint density at radius 3 is 2.67 bits per heavy atom. The second kappa shape index (κ2) is 12.2. The fourth-order valence-corrected chi connectivity index (χ4v) is 3.47. The zero-order valence-electron chi connectivity index (χ0n) is 18.7. The van der Waals surface area contributed by atoms with Gasteiger partial charge in [-0.05, 0) is 44.0 Å². The number of carbonyl (C=O) groups excluding carboxylic acids is 1. The quantitative estimate of drug-likeness (QED) is 0.251. The average molecular weight is 476 g/mol. The molecule has 176 valence electrons. The van der Waals surface area contributed by atoms with Gasteiger partial charge in [0.2, 0.25) is 0 Å². The van der Waals surface area contributed by atoms with Crippen LogP contribution in [0.25, 0.3) is 10.9 Å². The maximum absolute atomic E-state index is 13.4. The highest BCUT2D eigenvalue weighted by molar-refractivity contribution is 6.31. The number of halogens is 2. The van der Waals surface area contributed by atoms with E-state index >= 15 is 0 Å². The third-order valence-electron chi connectivity index (χ3n) is 4.94. The zero-order chi connectivity index (χ0) is 23.6. The highest BCUT2D eigenvalue weighted by atomic mass is 35.5. The number of methoxy groups -OCH3 is 1. The molecule has 0 aliphatic rings. The van der Waals surface area contributed by atoms with Gasteiger partial charge in [-0.15, -0.1) is 0 Å². The largest absolute Gasteiger partial charge is 0.493 e. The molecule has 0 amide bonds. The van der Waals surface area contributed by atoms with E-state index in [-0.39, 0.29) is 11.0 Å². The molecule has 0 unspecified atom stereocenters. The third-order valence-corrected chi connectivity index (χ3v) is 5.23. The van der Waals surface area contributed by atoms with Gasteiger partial charge in [0, 0.05) is 23.6 Å². The van der Waals surface area contributed by atoms with Gasteiger partial charge in [0.25, 0.3) is 0 Å². The van der Waals surface area contributed by atoms with Crippen molar-refractivity contribution in [3.8, 4) is 11.5 Å². The van der Waals surface area contributed by atoms with Crippen molar-refractivity contribution in [1.82, 2.24) is 9.97 Å². The second-order valence-electron chi connectivity index (χ2n) is 7.31. The molecule has 0 bridgehead atoms. The van der Waals surface area contributed by atoms with Crippen LogP contribution in [0.15, 0.2) is 36.7 Å². The van der Waals surface area contributed by atoms with Gasteiger partial charge < -0.3 is 19.5 Å². The number of rotatable bonds is 12. The fourth-order valence-electron chi connectivity index (χ4n) is 3.29. The highest BCUT2D eigenvalue weighted by Gasteiger charge is 2.12. The molecular weight excluding hydrogens is 449 g/mol. The molecule has 3 rings (SSSR count). The minimum absolute atomic E-state index is 0.0209. The third kappa shape index (κ3) is 6.92. The molecule has 0 fully saturated rings. The lowest BCUT2D eigenvalue weighted by Gasteiger charge is -2.14. The van der Waals surface area contributed by atoms with Crippen molar-refractivity contribution in [2.75, 3.05) is 25.6 Å². The summed E-state index contributed by atoms with van der Waals surface area (Å²) >= 11 is 5.88. The van der Waals surface area contributed by atoms with Gasteiger partial charge in [0.15, 0.2) is 11.5 Å². The van der Waals surface area contributed by atoms with E-state index in [0.717, 1.165) is 31.1 Å². The molecule has 0 radical (unpaired) electrons. The molecule has 0 aliphatic heterocycles. The maximum Gasteiger partial charge on any atom is 0.305 e. The van der Waals surface area contributed by atoms with Crippen LogP contribution in [-0.4, -0.2) is 36.3 Å². The smallest absolute Gasteiger partial charge is 0.305 e. The van der Waals surface area contributed by atoms with Gasteiger partial charge >= 0.3 is 5.97 Å². The molecule has 33 heavy (non-hydrogen) atoms. The molecular formula is C24H27ClFN3O4. The summed E-state index contributed by atoms with van der Waals surface area (Å²) in [5.74, 6) is 1.05. The Hall–Kier alpha value is -3.13. The van der Waals surface area contributed by atoms with Gasteiger partial charge in [-0.3, -0.25) is 4.79 Å². The first-order chi connectivity index (χ1) is 16.0. The van der Waals surface area contributed by atoms with Crippen LogP contribution in [0.5, 0.6) is 11.5 Å². The van der Waals surface area contributed by atoms with Gasteiger partial charge in [-0.2, -0.15) is 0 Å². The predicted octanol–water partition coefficient (Wildman–Crippen LogP) is 6.07. The number of unbranched alkanes of at least 4 members (excludes halogenated alkanes) is 3. The summed E-state index contributed by atoms with van der Waals surface area (Å²) in [5.41, 5.74) is 1.27. The van der Waals surface area contributed by atoms with Crippen molar-refractivity contribution in [3.05, 3.63) is 47.5 Å². The summed E-state index contributed by atoms with van der Waals surface area (Å²) in [6.45, 7) is 2.75. The summed E-state index contributed by atoms with van der Waals surface area (Å²) < 4.78 is 29.8. The van der Waals surface area contributed by atoms with Crippen molar-refractivity contribution in [2.24, 2.45) is 0 Å². The number of nitrogens with one attached hydrogen (secondary N) is 1. The minimum Gasteiger partial charge on any atom is -0.493 e. The summed E-state index contributed by atoms with van der Waals surface area (Å²) in [4.78, 5) is 20.0. The lowest BCUT2D eigenvalue weighted by molar-refractivity contribution is -0.143. The molecule has 9 heteroatoms. The standard InChI is InChI=1S/C24H27ClFN3O4/c1-3-32-23(30)8-6-4-5-7-11-33-22-14-20-17(13-21(22)31-2)24(28-15-27-20)29-16-9-10-19(26)18(25)12-16/h9-10,12-15H,3-8,11H2,1-2H3,(H,27,28,29). The lowest BCUT2D eigenvalue weighted by Crippen LogP contribution is -2.03. The highest BCUT2D eigenvalue weighted by Crippen LogP contribution is 2.35. The monoisotopic (exact) mass is 475 g/mol. The molecule has 7 nitrogen and oxygen atoms in total. The van der Waals surface area contributed by atoms with Crippen molar-refractivity contribution in [1.29, 1.82) is 0 Å². The normalized spacial score (nSPS) is 10.8. The van der Waals surface area contributed by atoms with E-state index in [9.17, 15) is 9.18 Å². The van der Waals surface area contributed by atoms with Crippen LogP contribution in [0.4, 0.5) is 15.9 Å². The van der Waals surface area contributed by atoms with Crippen LogP contribution in [-0.2, 0) is 9.53 Å². The lowest BCUT2D eigenvalue weighted by atomic mass is 10.1. The van der Waals surface area contributed by atoms with Crippen LogP contribution in [0, 0.1) is 5.82 Å². The number of aromatic nitrogens is 2. The summed E-state index contributed by atoms with van der Waals surface area (Å²) in [6, 6.07) is 7.97. The molecule has 0 atom stereocenters. The maximum atomic E-state index is 13.4. The molecule has 1 heterocycles. The molecule has 0 spiro atoms. The number of hydrogen-bond acceptors (Lipinski definition) is 7. The van der Waals surface area contributed by atoms with Crippen LogP contribution in [0.1, 0.15) is 39.0 Å². The van der Waals surface area contributed by atoms with E-state index in [2.05, 4.69) is 15.3 Å². The van der Waals surface area contributed by atoms with E-state index in [1.165, 1.54) is 18.5 Å². The van der Waals surface area contributed by atoms with Gasteiger partial charge in [-0.25, -0.2) is 14.4 Å². The Morgan fingerprint density at radius 1 is 1.09 bits per heavy atom. The second-order valence-corrected chi connectivity index (χ2v) is 7.72. The van der Waals surface area contributed by atoms with Crippen LogP contribution in [0.3, 0.4) is 0 Å². The number of esters is 1. The molecule has 2 aromatic carbocycles. The van der Waals surface area contributed by atoms with Gasteiger partial charge in [0.05, 0.1) is 30.9 Å². The SMILES string of the molecule is CCOC(=O)CCCCCCOc1cc2ncnc(Nc3ccc(F)c(Cl)c3)c2cc1OC. The van der Waals surface area contributed by atoms with Crippen LogP contribution in [0.2, 0.25) is 5.02 Å². The molecule has 3 aromatic rings. The number of fused-ring (bicyclic) bond motifs is 1. The van der Waals surface area contributed by atoms with E-state index < -0.39 is 5.82 Å². The predicted molar refractivity (Wildman–Crippen MR) is 126 cm³/mol. The molecule has 1 N–H and O–H groups in total. The Bertz CT molecular complexity index is 1100. The number of hydrogen-bond donors (Lipinski definition) is 1. The number of benzene rings is 2. The van der Waals surface area contributed by atoms with Crippen molar-refractivity contribution in [3.63, 3.8) is 0 Å². The van der Waals surface area contributed by atoms with Gasteiger partial charge in [0.1, 0.15) is 18.0 Å². The summed E-state index contributed by atoms with van der Waals surface area (Å²) in [7, 11) is 1.57. The zero-order valence-corrected chi connectivity index (χ0v) is 19.5. The topological polar surface area (TPSA) is 82.6 Å². The average Bonchev–Trinajstić information content (AvgIpc) is 2.80. The van der Waals surface area contributed by atoms with E-state index in [1.807, 2.05) is 0 Å². The van der Waals surface area contributed by atoms with Crippen molar-refractivity contribution < 1.29 is 23.4 Å². The minimum atomic E-state index is -0.489. The van der Waals surface area contributed by atoms with Crippen molar-refractivity contribution in [2.45, 2.75) is 39.0 Å². The van der Waals surface area contributed by atoms with E-state index in [4.69, 9.17) is 25.8 Å². The molecule has 0 aliphatic carbocycles. The van der Waals surface area contributed by atoms with E-state index in [0.29, 0.717) is 48.2 Å². The summed E-state index contributed by atoms with van der Waals surface area (Å²) in [5, 5.41) is 3.89. The van der Waals surface area contributed by atoms with Gasteiger partial charge in [-0.1, -0.05) is 24.4 Å². The molecule has 0 saturated heterocycles. The fraction of sp³-hybridized carbons (Fsp3) is 0.375. The number of nitrogens with zero attached hydrogens (tertiary/aromatic N) is 2. The Labute approximate surface area is 197 Å². The Morgan fingerprint density at radius 2 is 1.91 bits per heavy atom. The van der Waals surface area contributed by atoms with Crippen LogP contribution < -0.4 is 14.8 Å². The summed E-state index contributed by atoms with van der Waals surface area (Å²) in [6.07, 6.45) is 5.44. The van der Waals surface area contributed by atoms with Crippen molar-refractivity contribution >= 4 is 40.0 Å². The molecule has 1 aromatic heterocycles. The molecule has 0 saturated carbocycles. The Kier molecular flexibility index (Phi) is 9.06.